The van der Waals surface area contributed by atoms with Gasteiger partial charge in [0.1, 0.15) is 6.10 Å². The van der Waals surface area contributed by atoms with Gasteiger partial charge in [-0.25, -0.2) is 4.79 Å². The summed E-state index contributed by atoms with van der Waals surface area (Å²) in [5, 5.41) is 0. The molecule has 0 aromatic carbocycles. The number of unbranched alkanes of at least 4 members (excludes halogenated alkanes) is 2. The van der Waals surface area contributed by atoms with Crippen LogP contribution in [0.15, 0.2) is 0 Å². The molecule has 0 saturated heterocycles. The highest BCUT2D eigenvalue weighted by Gasteiger charge is 2.30. The zero-order valence-corrected chi connectivity index (χ0v) is 16.2. The fraction of sp³-hybridized carbons (Fsp3) is 0.950. The molecule has 1 fully saturated rings. The summed E-state index contributed by atoms with van der Waals surface area (Å²) in [6, 6.07) is 0. The SMILES string of the molecule is CC(C)(C)CCCCCC(=O)OOC1CCC(C(C)(C)C)CC1. The molecule has 0 heterocycles. The number of hydrogen-bond acceptors (Lipinski definition) is 3. The molecule has 0 N–H and O–H groups in total. The highest BCUT2D eigenvalue weighted by molar-refractivity contribution is 5.68. The molecule has 23 heavy (non-hydrogen) atoms. The Hall–Kier alpha value is -0.570. The maximum atomic E-state index is 11.7. The Bertz CT molecular complexity index is 341. The van der Waals surface area contributed by atoms with Crippen LogP contribution < -0.4 is 0 Å². The Kier molecular flexibility index (Phi) is 8.06. The fourth-order valence-corrected chi connectivity index (χ4v) is 3.29. The van der Waals surface area contributed by atoms with Gasteiger partial charge >= 0.3 is 5.97 Å². The van der Waals surface area contributed by atoms with Gasteiger partial charge < -0.3 is 0 Å². The van der Waals surface area contributed by atoms with Crippen LogP contribution in [0.25, 0.3) is 0 Å². The topological polar surface area (TPSA) is 35.5 Å². The quantitative estimate of drug-likeness (QED) is 0.324. The molecule has 0 aromatic heterocycles. The van der Waals surface area contributed by atoms with Crippen LogP contribution in [0.1, 0.15) is 99.3 Å². The highest BCUT2D eigenvalue weighted by atomic mass is 17.2. The van der Waals surface area contributed by atoms with Gasteiger partial charge in [-0.1, -0.05) is 54.4 Å². The molecule has 0 unspecified atom stereocenters. The van der Waals surface area contributed by atoms with Crippen LogP contribution >= 0.6 is 0 Å². The fourth-order valence-electron chi connectivity index (χ4n) is 3.29. The van der Waals surface area contributed by atoms with Gasteiger partial charge in [-0.3, -0.25) is 4.89 Å². The molecule has 136 valence electrons. The molecular weight excluding hydrogens is 288 g/mol. The molecule has 1 aliphatic carbocycles. The van der Waals surface area contributed by atoms with Gasteiger partial charge in [0.25, 0.3) is 0 Å². The molecule has 0 radical (unpaired) electrons. The second-order valence-electron chi connectivity index (χ2n) is 9.51. The smallest absolute Gasteiger partial charge is 0.298 e. The Labute approximate surface area is 143 Å². The summed E-state index contributed by atoms with van der Waals surface area (Å²) in [6.07, 6.45) is 9.26. The molecule has 1 saturated carbocycles. The Morgan fingerprint density at radius 2 is 1.52 bits per heavy atom. The van der Waals surface area contributed by atoms with Crippen molar-refractivity contribution in [2.45, 2.75) is 105 Å². The number of carbonyl (C=O) groups is 1. The van der Waals surface area contributed by atoms with Crippen molar-refractivity contribution in [3.05, 3.63) is 0 Å². The predicted molar refractivity (Wildman–Crippen MR) is 94.9 cm³/mol. The molecule has 0 spiro atoms. The van der Waals surface area contributed by atoms with Crippen LogP contribution in [0, 0.1) is 16.7 Å². The summed E-state index contributed by atoms with van der Waals surface area (Å²) in [5.74, 6) is 0.541. The van der Waals surface area contributed by atoms with E-state index in [0.29, 0.717) is 17.3 Å². The van der Waals surface area contributed by atoms with Crippen LogP contribution in [-0.2, 0) is 14.6 Å². The minimum absolute atomic E-state index is 0.0958. The number of rotatable bonds is 7. The molecule has 0 bridgehead atoms. The van der Waals surface area contributed by atoms with Gasteiger partial charge in [0.05, 0.1) is 0 Å². The summed E-state index contributed by atoms with van der Waals surface area (Å²) in [4.78, 5) is 22.1. The molecular formula is C20H38O3. The predicted octanol–water partition coefficient (Wildman–Crippen LogP) is 6.06. The Morgan fingerprint density at radius 1 is 0.913 bits per heavy atom. The molecule has 1 aliphatic rings. The molecule has 1 rings (SSSR count). The van der Waals surface area contributed by atoms with Crippen molar-refractivity contribution >= 4 is 5.97 Å². The third-order valence-electron chi connectivity index (χ3n) is 4.98. The summed E-state index contributed by atoms with van der Waals surface area (Å²) in [7, 11) is 0. The van der Waals surface area contributed by atoms with Gasteiger partial charge in [0, 0.05) is 6.42 Å². The van der Waals surface area contributed by atoms with Crippen molar-refractivity contribution in [2.24, 2.45) is 16.7 Å². The monoisotopic (exact) mass is 326 g/mol. The van der Waals surface area contributed by atoms with Crippen molar-refractivity contribution in [1.82, 2.24) is 0 Å². The van der Waals surface area contributed by atoms with E-state index in [4.69, 9.17) is 9.78 Å². The minimum Gasteiger partial charge on any atom is -0.298 e. The number of hydrogen-bond donors (Lipinski definition) is 0. The summed E-state index contributed by atoms with van der Waals surface area (Å²) in [5.41, 5.74) is 0.754. The molecule has 0 aromatic rings. The molecule has 0 atom stereocenters. The lowest BCUT2D eigenvalue weighted by Crippen LogP contribution is -2.29. The molecule has 0 aliphatic heterocycles. The molecule has 0 amide bonds. The van der Waals surface area contributed by atoms with Crippen molar-refractivity contribution in [2.75, 3.05) is 0 Å². The lowest BCUT2D eigenvalue weighted by Gasteiger charge is -2.36. The van der Waals surface area contributed by atoms with E-state index in [1.807, 2.05) is 0 Å². The zero-order chi connectivity index (χ0) is 17.5. The largest absolute Gasteiger partial charge is 0.342 e. The normalized spacial score (nSPS) is 22.9. The van der Waals surface area contributed by atoms with E-state index < -0.39 is 0 Å². The first-order chi connectivity index (χ1) is 10.6. The van der Waals surface area contributed by atoms with Gasteiger partial charge in [-0.2, -0.15) is 4.89 Å². The average molecular weight is 327 g/mol. The van der Waals surface area contributed by atoms with Gasteiger partial charge in [-0.05, 0) is 55.3 Å². The second kappa shape index (κ2) is 9.05. The Balaban J connectivity index is 2.06. The summed E-state index contributed by atoms with van der Waals surface area (Å²) in [6.45, 7) is 13.7. The van der Waals surface area contributed by atoms with Crippen LogP contribution in [0.4, 0.5) is 0 Å². The van der Waals surface area contributed by atoms with E-state index >= 15 is 0 Å². The molecule has 3 heteroatoms. The molecule has 3 nitrogen and oxygen atoms in total. The summed E-state index contributed by atoms with van der Waals surface area (Å²) < 4.78 is 0. The Morgan fingerprint density at radius 3 is 2.04 bits per heavy atom. The van der Waals surface area contributed by atoms with Crippen molar-refractivity contribution < 1.29 is 14.6 Å². The van der Waals surface area contributed by atoms with Crippen LogP contribution in [0.5, 0.6) is 0 Å². The van der Waals surface area contributed by atoms with Gasteiger partial charge in [-0.15, -0.1) is 0 Å². The first kappa shape index (κ1) is 20.5. The van der Waals surface area contributed by atoms with Gasteiger partial charge in [0.2, 0.25) is 0 Å². The van der Waals surface area contributed by atoms with Crippen molar-refractivity contribution in [3.8, 4) is 0 Å². The van der Waals surface area contributed by atoms with E-state index in [2.05, 4.69) is 41.5 Å². The van der Waals surface area contributed by atoms with E-state index in [-0.39, 0.29) is 12.1 Å². The minimum atomic E-state index is -0.210. The van der Waals surface area contributed by atoms with Crippen LogP contribution in [0.2, 0.25) is 0 Å². The van der Waals surface area contributed by atoms with E-state index in [1.54, 1.807) is 0 Å². The third-order valence-corrected chi connectivity index (χ3v) is 4.98. The highest BCUT2D eigenvalue weighted by Crippen LogP contribution is 2.38. The average Bonchev–Trinajstić information content (AvgIpc) is 2.43. The first-order valence-corrected chi connectivity index (χ1v) is 9.44. The summed E-state index contributed by atoms with van der Waals surface area (Å²) >= 11 is 0. The van der Waals surface area contributed by atoms with Gasteiger partial charge in [0.15, 0.2) is 0 Å². The lowest BCUT2D eigenvalue weighted by molar-refractivity contribution is -0.303. The number of carbonyl (C=O) groups excluding carboxylic acids is 1. The zero-order valence-electron chi connectivity index (χ0n) is 16.2. The second-order valence-corrected chi connectivity index (χ2v) is 9.51. The van der Waals surface area contributed by atoms with E-state index in [1.165, 1.54) is 25.7 Å². The van der Waals surface area contributed by atoms with Crippen molar-refractivity contribution in [3.63, 3.8) is 0 Å². The lowest BCUT2D eigenvalue weighted by atomic mass is 9.72. The maximum Gasteiger partial charge on any atom is 0.342 e. The van der Waals surface area contributed by atoms with Crippen LogP contribution in [0.3, 0.4) is 0 Å². The maximum absolute atomic E-state index is 11.7. The van der Waals surface area contributed by atoms with E-state index in [0.717, 1.165) is 31.6 Å². The van der Waals surface area contributed by atoms with Crippen molar-refractivity contribution in [1.29, 1.82) is 0 Å². The third kappa shape index (κ3) is 9.34. The van der Waals surface area contributed by atoms with E-state index in [9.17, 15) is 4.79 Å². The first-order valence-electron chi connectivity index (χ1n) is 9.44. The standard InChI is InChI=1S/C20H38O3/c1-19(2,3)15-9-7-8-10-18(21)23-22-17-13-11-16(12-14-17)20(4,5)6/h16-17H,7-15H2,1-6H3. The van der Waals surface area contributed by atoms with Crippen LogP contribution in [-0.4, -0.2) is 12.1 Å².